The zero-order valence-electron chi connectivity index (χ0n) is 11.5. The van der Waals surface area contributed by atoms with Crippen molar-refractivity contribution in [3.05, 3.63) is 47.4 Å². The van der Waals surface area contributed by atoms with Crippen molar-refractivity contribution in [1.82, 2.24) is 9.55 Å². The second-order valence-electron chi connectivity index (χ2n) is 5.65. The number of nitrogens with two attached hydrogens (primary N) is 1. The fourth-order valence-electron chi connectivity index (χ4n) is 2.40. The maximum atomic E-state index is 12.2. The van der Waals surface area contributed by atoms with E-state index in [1.54, 1.807) is 12.1 Å². The average Bonchev–Trinajstić information content (AvgIpc) is 2.85. The van der Waals surface area contributed by atoms with Crippen LogP contribution in [0.15, 0.2) is 30.5 Å². The van der Waals surface area contributed by atoms with Gasteiger partial charge in [0.15, 0.2) is 5.78 Å². The van der Waals surface area contributed by atoms with Crippen molar-refractivity contribution in [3.63, 3.8) is 0 Å². The molecule has 0 fully saturated rings. The maximum Gasteiger partial charge on any atom is 0.186 e. The fourth-order valence-corrected chi connectivity index (χ4v) is 2.40. The predicted octanol–water partition coefficient (Wildman–Crippen LogP) is 2.09. The topological polar surface area (TPSA) is 60.9 Å². The Morgan fingerprint density at radius 3 is 2.85 bits per heavy atom. The van der Waals surface area contributed by atoms with E-state index >= 15 is 0 Å². The first-order valence-corrected chi connectivity index (χ1v) is 6.45. The Bertz CT molecular complexity index is 760. The van der Waals surface area contributed by atoms with Crippen molar-refractivity contribution in [2.24, 2.45) is 5.41 Å². The number of aromatic nitrogens is 2. The summed E-state index contributed by atoms with van der Waals surface area (Å²) >= 11 is 0. The van der Waals surface area contributed by atoms with E-state index in [4.69, 9.17) is 5.73 Å². The zero-order chi connectivity index (χ0) is 14.3. The van der Waals surface area contributed by atoms with Gasteiger partial charge in [0.2, 0.25) is 0 Å². The molecule has 100 valence electrons. The fraction of sp³-hybridized carbons (Fsp3) is 0.250. The van der Waals surface area contributed by atoms with Gasteiger partial charge in [-0.05, 0) is 24.1 Å². The number of carbonyl (C=O) groups is 1. The SMILES string of the molecule is CC1(C)Cn2cc(C#Cc3cccc(N)n3)cc2C1=O. The van der Waals surface area contributed by atoms with Gasteiger partial charge in [-0.15, -0.1) is 0 Å². The summed E-state index contributed by atoms with van der Waals surface area (Å²) in [5.41, 5.74) is 7.49. The highest BCUT2D eigenvalue weighted by atomic mass is 16.1. The van der Waals surface area contributed by atoms with Crippen LogP contribution in [0.4, 0.5) is 5.82 Å². The number of pyridine rings is 1. The smallest absolute Gasteiger partial charge is 0.186 e. The highest BCUT2D eigenvalue weighted by Crippen LogP contribution is 2.32. The van der Waals surface area contributed by atoms with Gasteiger partial charge in [-0.2, -0.15) is 0 Å². The Morgan fingerprint density at radius 2 is 2.15 bits per heavy atom. The number of rotatable bonds is 0. The van der Waals surface area contributed by atoms with E-state index in [1.165, 1.54) is 0 Å². The first kappa shape index (κ1) is 12.5. The minimum absolute atomic E-state index is 0.174. The van der Waals surface area contributed by atoms with Crippen LogP contribution in [-0.2, 0) is 6.54 Å². The van der Waals surface area contributed by atoms with Crippen LogP contribution in [0.3, 0.4) is 0 Å². The highest BCUT2D eigenvalue weighted by Gasteiger charge is 2.37. The monoisotopic (exact) mass is 265 g/mol. The first-order chi connectivity index (χ1) is 9.45. The molecule has 3 heterocycles. The number of ketones is 1. The number of anilines is 1. The van der Waals surface area contributed by atoms with Crippen molar-refractivity contribution in [2.75, 3.05) is 5.73 Å². The number of nitrogen functional groups attached to an aromatic ring is 1. The molecule has 0 atom stereocenters. The molecule has 0 bridgehead atoms. The second kappa shape index (κ2) is 4.24. The lowest BCUT2D eigenvalue weighted by molar-refractivity contribution is 0.0860. The predicted molar refractivity (Wildman–Crippen MR) is 77.2 cm³/mol. The molecule has 0 saturated heterocycles. The second-order valence-corrected chi connectivity index (χ2v) is 5.65. The van der Waals surface area contributed by atoms with E-state index in [-0.39, 0.29) is 11.2 Å². The standard InChI is InChI=1S/C16H15N3O/c1-16(2)10-19-9-11(8-13(19)15(16)20)6-7-12-4-3-5-14(17)18-12/h3-5,8-9H,10H2,1-2H3,(H2,17,18). The zero-order valence-corrected chi connectivity index (χ0v) is 11.5. The molecule has 2 aromatic rings. The van der Waals surface area contributed by atoms with Crippen molar-refractivity contribution in [2.45, 2.75) is 20.4 Å². The summed E-state index contributed by atoms with van der Waals surface area (Å²) in [6, 6.07) is 7.19. The number of nitrogens with zero attached hydrogens (tertiary/aromatic N) is 2. The summed E-state index contributed by atoms with van der Waals surface area (Å²) in [4.78, 5) is 16.3. The third-order valence-corrected chi connectivity index (χ3v) is 3.42. The molecule has 2 N–H and O–H groups in total. The number of hydrogen-bond acceptors (Lipinski definition) is 3. The molecule has 0 radical (unpaired) electrons. The van der Waals surface area contributed by atoms with Gasteiger partial charge in [0.25, 0.3) is 0 Å². The van der Waals surface area contributed by atoms with Gasteiger partial charge in [0, 0.05) is 23.7 Å². The molecule has 20 heavy (non-hydrogen) atoms. The average molecular weight is 265 g/mol. The largest absolute Gasteiger partial charge is 0.384 e. The molecule has 2 aromatic heterocycles. The summed E-state index contributed by atoms with van der Waals surface area (Å²) in [6.07, 6.45) is 1.92. The molecule has 0 aliphatic carbocycles. The Hall–Kier alpha value is -2.54. The van der Waals surface area contributed by atoms with Crippen molar-refractivity contribution < 1.29 is 4.79 Å². The summed E-state index contributed by atoms with van der Waals surface area (Å²) in [6.45, 7) is 4.63. The molecule has 3 rings (SSSR count). The molecule has 0 amide bonds. The van der Waals surface area contributed by atoms with E-state index < -0.39 is 0 Å². The molecule has 0 spiro atoms. The molecule has 0 unspecified atom stereocenters. The molecule has 4 nitrogen and oxygen atoms in total. The minimum Gasteiger partial charge on any atom is -0.384 e. The highest BCUT2D eigenvalue weighted by molar-refractivity contribution is 6.01. The quantitative estimate of drug-likeness (QED) is 0.742. The first-order valence-electron chi connectivity index (χ1n) is 6.45. The molecule has 0 saturated carbocycles. The van der Waals surface area contributed by atoms with Crippen molar-refractivity contribution in [3.8, 4) is 11.8 Å². The van der Waals surface area contributed by atoms with Crippen molar-refractivity contribution in [1.29, 1.82) is 0 Å². The number of carbonyl (C=O) groups excluding carboxylic acids is 1. The van der Waals surface area contributed by atoms with Crippen molar-refractivity contribution >= 4 is 11.6 Å². The molecule has 4 heteroatoms. The van der Waals surface area contributed by atoms with E-state index in [2.05, 4.69) is 16.8 Å². The number of fused-ring (bicyclic) bond motifs is 1. The Balaban J connectivity index is 1.90. The lowest BCUT2D eigenvalue weighted by atomic mass is 9.89. The summed E-state index contributed by atoms with van der Waals surface area (Å²) in [7, 11) is 0. The summed E-state index contributed by atoms with van der Waals surface area (Å²) in [5, 5.41) is 0. The van der Waals surface area contributed by atoms with Gasteiger partial charge in [-0.1, -0.05) is 25.8 Å². The minimum atomic E-state index is -0.309. The van der Waals surface area contributed by atoms with Crippen LogP contribution < -0.4 is 5.73 Å². The third kappa shape index (κ3) is 2.08. The van der Waals surface area contributed by atoms with Crippen LogP contribution >= 0.6 is 0 Å². The van der Waals surface area contributed by atoms with E-state index in [0.29, 0.717) is 18.1 Å². The maximum absolute atomic E-state index is 12.2. The van der Waals surface area contributed by atoms with Crippen LogP contribution in [0.5, 0.6) is 0 Å². The number of Topliss-reactive ketones (excluding diaryl/α,β-unsaturated/α-hetero) is 1. The van der Waals surface area contributed by atoms with E-state index in [1.807, 2.05) is 36.7 Å². The Morgan fingerprint density at radius 1 is 1.35 bits per heavy atom. The van der Waals surface area contributed by atoms with Gasteiger partial charge in [0.05, 0.1) is 5.69 Å². The van der Waals surface area contributed by atoms with Crippen LogP contribution in [0.25, 0.3) is 0 Å². The van der Waals surface area contributed by atoms with Gasteiger partial charge >= 0.3 is 0 Å². The lowest BCUT2D eigenvalue weighted by Crippen LogP contribution is -2.19. The van der Waals surface area contributed by atoms with E-state index in [0.717, 1.165) is 11.3 Å². The van der Waals surface area contributed by atoms with Crippen LogP contribution in [0, 0.1) is 17.3 Å². The van der Waals surface area contributed by atoms with Crippen LogP contribution in [-0.4, -0.2) is 15.3 Å². The summed E-state index contributed by atoms with van der Waals surface area (Å²) < 4.78 is 1.97. The summed E-state index contributed by atoms with van der Waals surface area (Å²) in [5.74, 6) is 6.61. The Kier molecular flexibility index (Phi) is 2.65. The normalized spacial score (nSPS) is 15.6. The van der Waals surface area contributed by atoms with Gasteiger partial charge in [-0.25, -0.2) is 4.98 Å². The van der Waals surface area contributed by atoms with E-state index in [9.17, 15) is 4.79 Å². The van der Waals surface area contributed by atoms with Gasteiger partial charge in [0.1, 0.15) is 11.5 Å². The molecule has 1 aliphatic heterocycles. The van der Waals surface area contributed by atoms with Gasteiger partial charge in [-0.3, -0.25) is 4.79 Å². The number of hydrogen-bond donors (Lipinski definition) is 1. The molecular formula is C16H15N3O. The van der Waals surface area contributed by atoms with Crippen LogP contribution in [0.1, 0.15) is 35.6 Å². The Labute approximate surface area is 117 Å². The van der Waals surface area contributed by atoms with Gasteiger partial charge < -0.3 is 10.3 Å². The molecule has 1 aliphatic rings. The lowest BCUT2D eigenvalue weighted by Gasteiger charge is -2.12. The third-order valence-electron chi connectivity index (χ3n) is 3.42. The molecule has 0 aromatic carbocycles. The van der Waals surface area contributed by atoms with Crippen LogP contribution in [0.2, 0.25) is 0 Å². The molecular weight excluding hydrogens is 250 g/mol.